The summed E-state index contributed by atoms with van der Waals surface area (Å²) in [5.41, 5.74) is 7.81. The highest BCUT2D eigenvalue weighted by atomic mass is 79.9. The van der Waals surface area contributed by atoms with Gasteiger partial charge >= 0.3 is 13.0 Å². The second-order valence-corrected chi connectivity index (χ2v) is 18.7. The Morgan fingerprint density at radius 3 is 1.21 bits per heavy atom. The lowest BCUT2D eigenvalue weighted by atomic mass is 9.79. The van der Waals surface area contributed by atoms with E-state index in [1.807, 2.05) is 36.7 Å². The predicted octanol–water partition coefficient (Wildman–Crippen LogP) is 10.5. The number of hydrogen-bond donors (Lipinski definition) is 0. The van der Waals surface area contributed by atoms with Crippen LogP contribution in [0.2, 0.25) is 0 Å². The zero-order chi connectivity index (χ0) is 31.3. The number of aliphatic imine (C=N–C) groups is 2. The summed E-state index contributed by atoms with van der Waals surface area (Å²) >= 11 is 1.45. The van der Waals surface area contributed by atoms with E-state index in [2.05, 4.69) is 121 Å². The van der Waals surface area contributed by atoms with Gasteiger partial charge in [0.15, 0.2) is 0 Å². The van der Waals surface area contributed by atoms with Gasteiger partial charge in [-0.3, -0.25) is 9.98 Å². The average molecular weight is 646 g/mol. The summed E-state index contributed by atoms with van der Waals surface area (Å²) < 4.78 is 13.7. The highest BCUT2D eigenvalue weighted by Crippen LogP contribution is 2.42. The van der Waals surface area contributed by atoms with Crippen molar-refractivity contribution in [2.24, 2.45) is 9.98 Å². The van der Waals surface area contributed by atoms with Crippen molar-refractivity contribution < 1.29 is 7.58 Å². The topological polar surface area (TPSA) is 43.2 Å². The van der Waals surface area contributed by atoms with Crippen LogP contribution in [0.4, 0.5) is 11.4 Å². The maximum Gasteiger partial charge on any atom is 0.957 e. The molecule has 3 aromatic rings. The van der Waals surface area contributed by atoms with Crippen LogP contribution in [0.25, 0.3) is 0 Å². The van der Waals surface area contributed by atoms with E-state index in [-0.39, 0.29) is 21.7 Å². The lowest BCUT2D eigenvalue weighted by Gasteiger charge is -2.31. The van der Waals surface area contributed by atoms with Crippen LogP contribution >= 0.6 is 14.1 Å². The molecule has 0 atom stereocenters. The summed E-state index contributed by atoms with van der Waals surface area (Å²) in [6, 6.07) is 17.0. The molecule has 42 heavy (non-hydrogen) atoms. The zero-order valence-electron chi connectivity index (χ0n) is 27.4. The number of fused-ring (bicyclic) bond motifs is 3. The van der Waals surface area contributed by atoms with E-state index in [0.29, 0.717) is 0 Å². The van der Waals surface area contributed by atoms with E-state index in [1.54, 1.807) is 0 Å². The second-order valence-electron chi connectivity index (χ2n) is 15.4. The summed E-state index contributed by atoms with van der Waals surface area (Å²) in [4.78, 5) is 9.95. The molecule has 0 aromatic heterocycles. The minimum Gasteiger partial charge on any atom is -0.603 e. The highest BCUT2D eigenvalue weighted by molar-refractivity contribution is 9.24. The van der Waals surface area contributed by atoms with Gasteiger partial charge in [-0.15, -0.1) is 14.1 Å². The van der Waals surface area contributed by atoms with Gasteiger partial charge in [-0.25, -0.2) is 0 Å². The van der Waals surface area contributed by atoms with Gasteiger partial charge < -0.3 is 7.58 Å². The standard InChI is InChI=1S/C36H48N2O2.Al.BrH/c1-33(2,3)25-17-23(31(39)27(19-25)35(7,8)9)21-37-29-15-13-14-16-30(29)38-22-24-18-26(34(4,5)6)20-28(32(24)40)36(10,11)12;;/h13-22,39-40H,1-12H3;;1H/q;+3;/p-3. The largest absolute Gasteiger partial charge is 0.957 e. The average Bonchev–Trinajstić information content (AvgIpc) is 2.85. The van der Waals surface area contributed by atoms with Gasteiger partial charge in [-0.05, 0) is 68.2 Å². The first-order chi connectivity index (χ1) is 19.2. The monoisotopic (exact) mass is 644 g/mol. The van der Waals surface area contributed by atoms with Crippen molar-refractivity contribution in [1.82, 2.24) is 0 Å². The number of nitrogens with zero attached hydrogens (tertiary/aromatic N) is 2. The second kappa shape index (κ2) is 11.6. The van der Waals surface area contributed by atoms with Crippen LogP contribution in [-0.2, 0) is 21.7 Å². The zero-order valence-corrected chi connectivity index (χ0v) is 30.2. The van der Waals surface area contributed by atoms with Gasteiger partial charge in [0.2, 0.25) is 0 Å². The van der Waals surface area contributed by atoms with Crippen molar-refractivity contribution in [1.29, 1.82) is 0 Å². The smallest absolute Gasteiger partial charge is 0.603 e. The van der Waals surface area contributed by atoms with Crippen molar-refractivity contribution in [3.05, 3.63) is 81.9 Å². The number of halogens is 1. The molecule has 0 fully saturated rings. The summed E-state index contributed by atoms with van der Waals surface area (Å²) in [5.74, 6) is 1.63. The molecular formula is C36H46AlBrN2O2. The minimum atomic E-state index is -2.44. The predicted molar refractivity (Wildman–Crippen MR) is 185 cm³/mol. The minimum absolute atomic E-state index is 0.0424. The molecule has 0 amide bonds. The normalized spacial score (nSPS) is 14.5. The molecule has 0 bridgehead atoms. The number of benzene rings is 3. The molecular weight excluding hydrogens is 599 g/mol. The van der Waals surface area contributed by atoms with Gasteiger partial charge in [0.05, 0.1) is 22.9 Å². The Morgan fingerprint density at radius 2 is 0.905 bits per heavy atom. The van der Waals surface area contributed by atoms with Crippen LogP contribution in [0.5, 0.6) is 11.5 Å². The van der Waals surface area contributed by atoms with E-state index in [1.165, 1.54) is 11.1 Å². The first-order valence-electron chi connectivity index (χ1n) is 14.8. The van der Waals surface area contributed by atoms with Crippen LogP contribution in [0.3, 0.4) is 0 Å². The van der Waals surface area contributed by atoms with E-state index in [0.717, 1.165) is 45.1 Å². The van der Waals surface area contributed by atoms with Crippen LogP contribution in [-0.4, -0.2) is 25.4 Å². The molecule has 0 saturated carbocycles. The van der Waals surface area contributed by atoms with Gasteiger partial charge in [0.25, 0.3) is 0 Å². The molecule has 3 aromatic carbocycles. The molecule has 1 aliphatic heterocycles. The van der Waals surface area contributed by atoms with Gasteiger partial charge in [0, 0.05) is 23.6 Å². The molecule has 0 unspecified atom stereocenters. The molecule has 0 saturated heterocycles. The van der Waals surface area contributed by atoms with E-state index in [4.69, 9.17) is 17.6 Å². The molecule has 1 heterocycles. The maximum absolute atomic E-state index is 6.84. The Balaban J connectivity index is 2.05. The number of rotatable bonds is 0. The number of para-hydroxylation sites is 2. The maximum atomic E-state index is 6.84. The first-order valence-corrected chi connectivity index (χ1v) is 18.9. The van der Waals surface area contributed by atoms with Crippen molar-refractivity contribution >= 4 is 50.8 Å². The molecule has 0 aliphatic carbocycles. The Morgan fingerprint density at radius 1 is 0.548 bits per heavy atom. The molecule has 0 N–H and O–H groups in total. The van der Waals surface area contributed by atoms with E-state index >= 15 is 0 Å². The summed E-state index contributed by atoms with van der Waals surface area (Å²) in [6.45, 7) is 26.8. The molecule has 4 rings (SSSR count). The molecule has 0 radical (unpaired) electrons. The summed E-state index contributed by atoms with van der Waals surface area (Å²) in [7, 11) is 0. The molecule has 6 heteroatoms. The van der Waals surface area contributed by atoms with Gasteiger partial charge in [-0.2, -0.15) is 0 Å². The third kappa shape index (κ3) is 7.39. The van der Waals surface area contributed by atoms with Crippen LogP contribution < -0.4 is 7.58 Å². The van der Waals surface area contributed by atoms with Crippen LogP contribution in [0, 0.1) is 0 Å². The molecule has 222 valence electrons. The third-order valence-corrected chi connectivity index (χ3v) is 9.54. The Bertz CT molecular complexity index is 1420. The highest BCUT2D eigenvalue weighted by Gasteiger charge is 2.37. The summed E-state index contributed by atoms with van der Waals surface area (Å²) in [6.07, 6.45) is 3.84. The van der Waals surface area contributed by atoms with Crippen LogP contribution in [0.15, 0.2) is 58.5 Å². The lowest BCUT2D eigenvalue weighted by Crippen LogP contribution is -2.29. The van der Waals surface area contributed by atoms with Gasteiger partial charge in [-0.1, -0.05) is 107 Å². The van der Waals surface area contributed by atoms with Crippen LogP contribution in [0.1, 0.15) is 116 Å². The van der Waals surface area contributed by atoms with Crippen molar-refractivity contribution in [3.8, 4) is 11.5 Å². The summed E-state index contributed by atoms with van der Waals surface area (Å²) in [5, 5.41) is 0. The fraction of sp³-hybridized carbons (Fsp3) is 0.444. The SMILES string of the molecule is CC(C)(C)c1cc2c(c(C(C)(C)C)c1)[O][Al]([Br])[O]c1c(cc(C(C)(C)C)cc1C(C)(C)C)C=Nc1ccccc1N=C2. The first kappa shape index (κ1) is 32.5. The van der Waals surface area contributed by atoms with Gasteiger partial charge in [0.1, 0.15) is 0 Å². The van der Waals surface area contributed by atoms with Crippen molar-refractivity contribution in [2.75, 3.05) is 0 Å². The van der Waals surface area contributed by atoms with Crippen molar-refractivity contribution in [3.63, 3.8) is 0 Å². The molecule has 4 nitrogen and oxygen atoms in total. The Kier molecular flexibility index (Phi) is 8.99. The van der Waals surface area contributed by atoms with E-state index < -0.39 is 13.0 Å². The lowest BCUT2D eigenvalue weighted by molar-refractivity contribution is 0.426. The third-order valence-electron chi connectivity index (χ3n) is 7.57. The Labute approximate surface area is 265 Å². The molecule has 1 aliphatic rings. The van der Waals surface area contributed by atoms with E-state index in [9.17, 15) is 0 Å². The van der Waals surface area contributed by atoms with Crippen molar-refractivity contribution in [2.45, 2.75) is 105 Å². The quantitative estimate of drug-likeness (QED) is 0.228. The number of hydrogen-bond acceptors (Lipinski definition) is 4. The Hall–Kier alpha value is -2.39. The fourth-order valence-corrected chi connectivity index (χ4v) is 6.97. The molecule has 0 spiro atoms. The fourth-order valence-electron chi connectivity index (χ4n) is 4.91.